The number of nitrogens with one attached hydrogen (secondary N) is 1. The number of carbonyl (C=O) groups is 1. The van der Waals surface area contributed by atoms with E-state index in [9.17, 15) is 14.9 Å². The van der Waals surface area contributed by atoms with Crippen LogP contribution in [0.3, 0.4) is 0 Å². The summed E-state index contributed by atoms with van der Waals surface area (Å²) in [5, 5.41) is 22.3. The van der Waals surface area contributed by atoms with E-state index >= 15 is 0 Å². The van der Waals surface area contributed by atoms with Gasteiger partial charge in [0.1, 0.15) is 10.9 Å². The summed E-state index contributed by atoms with van der Waals surface area (Å²) in [6.07, 6.45) is 1.82. The molecule has 0 radical (unpaired) electrons. The number of hydrogen-bond donors (Lipinski definition) is 1. The number of nitro benzene ring substituents is 1. The molecule has 0 saturated heterocycles. The first-order valence-corrected chi connectivity index (χ1v) is 9.98. The van der Waals surface area contributed by atoms with Gasteiger partial charge in [0.05, 0.1) is 4.92 Å². The lowest BCUT2D eigenvalue weighted by Crippen LogP contribution is -2.20. The molecule has 9 heteroatoms. The molecule has 4 aromatic rings. The number of thioether (sulfide) groups is 1. The largest absolute Gasteiger partial charge is 0.319 e. The summed E-state index contributed by atoms with van der Waals surface area (Å²) in [6, 6.07) is 19.5. The van der Waals surface area contributed by atoms with Crippen LogP contribution in [0, 0.1) is 17.0 Å². The second kappa shape index (κ2) is 8.34. The summed E-state index contributed by atoms with van der Waals surface area (Å²) < 4.78 is 1.79. The molecule has 1 unspecified atom stereocenters. The van der Waals surface area contributed by atoms with E-state index < -0.39 is 10.2 Å². The van der Waals surface area contributed by atoms with Crippen molar-refractivity contribution in [3.63, 3.8) is 0 Å². The van der Waals surface area contributed by atoms with Crippen LogP contribution in [-0.4, -0.2) is 25.4 Å². The van der Waals surface area contributed by atoms with Crippen LogP contribution in [0.1, 0.15) is 16.4 Å². The van der Waals surface area contributed by atoms with Crippen LogP contribution in [0.5, 0.6) is 0 Å². The van der Waals surface area contributed by atoms with E-state index in [1.54, 1.807) is 23.5 Å². The second-order valence-electron chi connectivity index (χ2n) is 6.59. The first-order chi connectivity index (χ1) is 14.5. The number of benzene rings is 2. The lowest BCUT2D eigenvalue weighted by Gasteiger charge is -2.16. The summed E-state index contributed by atoms with van der Waals surface area (Å²) in [5.74, 6) is -0.383. The fourth-order valence-corrected chi connectivity index (χ4v) is 4.03. The van der Waals surface area contributed by atoms with Gasteiger partial charge in [-0.3, -0.25) is 19.3 Å². The second-order valence-corrected chi connectivity index (χ2v) is 7.66. The van der Waals surface area contributed by atoms with Crippen LogP contribution in [0.4, 0.5) is 11.4 Å². The normalized spacial score (nSPS) is 11.9. The highest BCUT2D eigenvalue weighted by Crippen LogP contribution is 2.36. The number of amides is 1. The molecule has 0 aliphatic heterocycles. The van der Waals surface area contributed by atoms with Crippen molar-refractivity contribution in [3.8, 4) is 0 Å². The first kappa shape index (κ1) is 19.6. The van der Waals surface area contributed by atoms with Crippen LogP contribution >= 0.6 is 11.8 Å². The van der Waals surface area contributed by atoms with Crippen LogP contribution < -0.4 is 5.32 Å². The van der Waals surface area contributed by atoms with Crippen molar-refractivity contribution in [1.82, 2.24) is 14.6 Å². The average molecular weight is 419 g/mol. The summed E-state index contributed by atoms with van der Waals surface area (Å²) in [4.78, 5) is 24.1. The van der Waals surface area contributed by atoms with Crippen molar-refractivity contribution in [2.75, 3.05) is 5.32 Å². The number of hydrogen-bond acceptors (Lipinski definition) is 6. The number of anilines is 1. The first-order valence-electron chi connectivity index (χ1n) is 9.10. The zero-order chi connectivity index (χ0) is 21.1. The van der Waals surface area contributed by atoms with Gasteiger partial charge in [0.15, 0.2) is 10.8 Å². The number of aryl methyl sites for hydroxylation is 1. The maximum absolute atomic E-state index is 13.2. The molecule has 4 rings (SSSR count). The molecule has 150 valence electrons. The number of nitrogens with zero attached hydrogens (tertiary/aromatic N) is 4. The van der Waals surface area contributed by atoms with Gasteiger partial charge in [-0.2, -0.15) is 0 Å². The molecule has 1 N–H and O–H groups in total. The molecule has 0 bridgehead atoms. The van der Waals surface area contributed by atoms with E-state index in [1.165, 1.54) is 17.8 Å². The van der Waals surface area contributed by atoms with Gasteiger partial charge in [-0.15, -0.1) is 10.2 Å². The maximum Gasteiger partial charge on any atom is 0.293 e. The number of pyridine rings is 1. The minimum Gasteiger partial charge on any atom is -0.319 e. The third-order valence-electron chi connectivity index (χ3n) is 4.45. The third-order valence-corrected chi connectivity index (χ3v) is 5.67. The molecule has 8 nitrogen and oxygen atoms in total. The highest BCUT2D eigenvalue weighted by Gasteiger charge is 2.26. The monoisotopic (exact) mass is 419 g/mol. The predicted octanol–water partition coefficient (Wildman–Crippen LogP) is 4.42. The Balaban J connectivity index is 1.69. The quantitative estimate of drug-likeness (QED) is 0.282. The van der Waals surface area contributed by atoms with Gasteiger partial charge >= 0.3 is 0 Å². The van der Waals surface area contributed by atoms with Gasteiger partial charge in [0.25, 0.3) is 5.69 Å². The van der Waals surface area contributed by atoms with E-state index in [2.05, 4.69) is 15.5 Å². The van der Waals surface area contributed by atoms with Gasteiger partial charge < -0.3 is 5.32 Å². The van der Waals surface area contributed by atoms with Crippen molar-refractivity contribution in [1.29, 1.82) is 0 Å². The van der Waals surface area contributed by atoms with Crippen molar-refractivity contribution < 1.29 is 9.72 Å². The topological polar surface area (TPSA) is 102 Å². The Morgan fingerprint density at radius 1 is 1.10 bits per heavy atom. The summed E-state index contributed by atoms with van der Waals surface area (Å²) in [6.45, 7) is 1.76. The van der Waals surface area contributed by atoms with E-state index in [0.29, 0.717) is 10.8 Å². The van der Waals surface area contributed by atoms with E-state index in [-0.39, 0.29) is 17.3 Å². The molecule has 0 fully saturated rings. The molecular formula is C21H17N5O3S. The van der Waals surface area contributed by atoms with Gasteiger partial charge in [-0.1, -0.05) is 54.2 Å². The van der Waals surface area contributed by atoms with Gasteiger partial charge in [0, 0.05) is 12.3 Å². The Kier molecular flexibility index (Phi) is 5.44. The lowest BCUT2D eigenvalue weighted by atomic mass is 10.1. The molecule has 2 aromatic heterocycles. The Morgan fingerprint density at radius 3 is 2.63 bits per heavy atom. The highest BCUT2D eigenvalue weighted by molar-refractivity contribution is 8.00. The number of fused-ring (bicyclic) bond motifs is 1. The zero-order valence-electron chi connectivity index (χ0n) is 15.9. The molecule has 0 saturated carbocycles. The minimum atomic E-state index is -0.681. The van der Waals surface area contributed by atoms with Gasteiger partial charge in [0.2, 0.25) is 5.91 Å². The van der Waals surface area contributed by atoms with Gasteiger partial charge in [-0.05, 0) is 36.2 Å². The van der Waals surface area contributed by atoms with Crippen LogP contribution in [0.25, 0.3) is 5.65 Å². The van der Waals surface area contributed by atoms with Gasteiger partial charge in [-0.25, -0.2) is 0 Å². The Morgan fingerprint density at radius 2 is 1.87 bits per heavy atom. The van der Waals surface area contributed by atoms with Crippen molar-refractivity contribution >= 4 is 34.7 Å². The molecule has 2 heterocycles. The minimum absolute atomic E-state index is 0.145. The highest BCUT2D eigenvalue weighted by atomic mass is 32.2. The summed E-state index contributed by atoms with van der Waals surface area (Å²) in [5.41, 5.74) is 2.17. The van der Waals surface area contributed by atoms with E-state index in [4.69, 9.17) is 0 Å². The number of aromatic nitrogens is 3. The standard InChI is InChI=1S/C21H17N5O3S/c1-14-10-11-16(17(13-14)26(28)29)22-20(27)19(15-7-3-2-4-8-15)30-21-24-23-18-9-5-6-12-25(18)21/h2-13,19H,1H3,(H,22,27). The Labute approximate surface area is 176 Å². The van der Waals surface area contributed by atoms with Crippen LogP contribution in [0.2, 0.25) is 0 Å². The molecule has 0 aliphatic rings. The SMILES string of the molecule is Cc1ccc(NC(=O)C(Sc2nnc3ccccn23)c2ccccc2)c([N+](=O)[O-])c1. The van der Waals surface area contributed by atoms with Crippen molar-refractivity contribution in [3.05, 3.63) is 94.2 Å². The average Bonchev–Trinajstić information content (AvgIpc) is 3.16. The lowest BCUT2D eigenvalue weighted by molar-refractivity contribution is -0.384. The molecule has 30 heavy (non-hydrogen) atoms. The third kappa shape index (κ3) is 4.01. The number of rotatable bonds is 6. The molecule has 2 aromatic carbocycles. The number of nitro groups is 1. The molecule has 0 aliphatic carbocycles. The predicted molar refractivity (Wildman–Crippen MR) is 114 cm³/mol. The maximum atomic E-state index is 13.2. The molecular weight excluding hydrogens is 402 g/mol. The van der Waals surface area contributed by atoms with E-state index in [0.717, 1.165) is 11.1 Å². The zero-order valence-corrected chi connectivity index (χ0v) is 16.7. The molecule has 1 amide bonds. The van der Waals surface area contributed by atoms with E-state index in [1.807, 2.05) is 54.7 Å². The van der Waals surface area contributed by atoms with Crippen LogP contribution in [-0.2, 0) is 4.79 Å². The Hall–Kier alpha value is -3.72. The fraction of sp³-hybridized carbons (Fsp3) is 0.0952. The number of carbonyl (C=O) groups excluding carboxylic acids is 1. The smallest absolute Gasteiger partial charge is 0.293 e. The molecule has 1 atom stereocenters. The van der Waals surface area contributed by atoms with Crippen molar-refractivity contribution in [2.24, 2.45) is 0 Å². The summed E-state index contributed by atoms with van der Waals surface area (Å²) >= 11 is 1.23. The Bertz CT molecular complexity index is 1230. The van der Waals surface area contributed by atoms with Crippen molar-refractivity contribution in [2.45, 2.75) is 17.3 Å². The fourth-order valence-electron chi connectivity index (χ4n) is 3.00. The molecule has 0 spiro atoms. The van der Waals surface area contributed by atoms with Crippen LogP contribution in [0.15, 0.2) is 78.1 Å². The summed E-state index contributed by atoms with van der Waals surface area (Å²) in [7, 11) is 0.